The first-order chi connectivity index (χ1) is 8.91. The third-order valence-corrected chi connectivity index (χ3v) is 4.24. The van der Waals surface area contributed by atoms with E-state index in [1.54, 1.807) is 19.2 Å². The Balaban J connectivity index is 2.36. The summed E-state index contributed by atoms with van der Waals surface area (Å²) in [5, 5.41) is 0. The number of benzene rings is 1. The summed E-state index contributed by atoms with van der Waals surface area (Å²) in [5.41, 5.74) is 1.27. The Morgan fingerprint density at radius 2 is 2.16 bits per heavy atom. The molecule has 1 atom stereocenters. The zero-order valence-corrected chi connectivity index (χ0v) is 12.1. The summed E-state index contributed by atoms with van der Waals surface area (Å²) in [4.78, 5) is 7.82. The first kappa shape index (κ1) is 14.0. The topological polar surface area (TPSA) is 72.0 Å². The number of aryl methyl sites for hydroxylation is 1. The summed E-state index contributed by atoms with van der Waals surface area (Å²) in [7, 11) is -1.59. The minimum absolute atomic E-state index is 0.155. The molecular weight excluding hydrogens is 264 g/mol. The lowest BCUT2D eigenvalue weighted by Crippen LogP contribution is -2.06. The van der Waals surface area contributed by atoms with Gasteiger partial charge in [0.2, 0.25) is 0 Å². The average molecular weight is 282 g/mol. The molecular formula is C13H18N2O3S. The number of fused-ring (bicyclic) bond motifs is 1. The fraction of sp³-hybridized carbons (Fsp3) is 0.462. The Hall–Kier alpha value is -1.40. The molecule has 0 spiro atoms. The van der Waals surface area contributed by atoms with E-state index in [9.17, 15) is 8.42 Å². The van der Waals surface area contributed by atoms with Crippen molar-refractivity contribution in [1.82, 2.24) is 9.97 Å². The molecule has 0 fully saturated rings. The summed E-state index contributed by atoms with van der Waals surface area (Å²) in [6, 6.07) is 5.14. The van der Waals surface area contributed by atoms with Crippen LogP contribution in [0.1, 0.15) is 19.2 Å². The van der Waals surface area contributed by atoms with Gasteiger partial charge < -0.3 is 9.72 Å². The molecule has 2 rings (SSSR count). The van der Waals surface area contributed by atoms with E-state index in [-0.39, 0.29) is 11.0 Å². The molecule has 1 heterocycles. The van der Waals surface area contributed by atoms with Crippen LogP contribution in [-0.2, 0) is 21.0 Å². The number of sulfone groups is 1. The van der Waals surface area contributed by atoms with Crippen LogP contribution < -0.4 is 0 Å². The van der Waals surface area contributed by atoms with Gasteiger partial charge in [-0.15, -0.1) is 0 Å². The van der Waals surface area contributed by atoms with Crippen molar-refractivity contribution >= 4 is 20.9 Å². The van der Waals surface area contributed by atoms with E-state index >= 15 is 0 Å². The second kappa shape index (κ2) is 5.30. The molecule has 2 aromatic rings. The monoisotopic (exact) mass is 282 g/mol. The van der Waals surface area contributed by atoms with Gasteiger partial charge in [0.25, 0.3) is 0 Å². The molecule has 0 aliphatic rings. The second-order valence-electron chi connectivity index (χ2n) is 4.69. The third kappa shape index (κ3) is 3.13. The third-order valence-electron chi connectivity index (χ3n) is 3.11. The van der Waals surface area contributed by atoms with Crippen LogP contribution in [0.2, 0.25) is 0 Å². The highest BCUT2D eigenvalue weighted by Gasteiger charge is 2.15. The molecule has 1 unspecified atom stereocenters. The van der Waals surface area contributed by atoms with Crippen LogP contribution in [-0.4, -0.2) is 37.9 Å². The van der Waals surface area contributed by atoms with Gasteiger partial charge in [0.05, 0.1) is 16.5 Å². The molecule has 5 nitrogen and oxygen atoms in total. The molecule has 0 saturated heterocycles. The number of imidazole rings is 1. The molecule has 0 aliphatic carbocycles. The predicted octanol–water partition coefficient (Wildman–Crippen LogP) is 1.93. The lowest BCUT2D eigenvalue weighted by Gasteiger charge is -2.06. The first-order valence-corrected chi connectivity index (χ1v) is 8.01. The summed E-state index contributed by atoms with van der Waals surface area (Å²) in [6.45, 7) is 1.99. The van der Waals surface area contributed by atoms with E-state index in [0.717, 1.165) is 24.2 Å². The minimum atomic E-state index is -3.26. The smallest absolute Gasteiger partial charge is 0.177 e. The predicted molar refractivity (Wildman–Crippen MR) is 74.0 cm³/mol. The maximum absolute atomic E-state index is 11.7. The van der Waals surface area contributed by atoms with Gasteiger partial charge in [-0.3, -0.25) is 0 Å². The van der Waals surface area contributed by atoms with Crippen LogP contribution in [0.25, 0.3) is 11.0 Å². The number of aromatic amines is 1. The Bertz CT molecular complexity index is 676. The van der Waals surface area contributed by atoms with Crippen molar-refractivity contribution in [2.24, 2.45) is 0 Å². The van der Waals surface area contributed by atoms with Crippen molar-refractivity contribution in [2.75, 3.05) is 13.4 Å². The Kier molecular flexibility index (Phi) is 3.91. The van der Waals surface area contributed by atoms with Crippen molar-refractivity contribution in [3.8, 4) is 0 Å². The van der Waals surface area contributed by atoms with Crippen LogP contribution >= 0.6 is 0 Å². The standard InChI is InChI=1S/C13H18N2O3S/c1-9(18-2)7-8-12-14-10-5-4-6-11(13(10)15-12)19(3,16)17/h4-6,9H,7-8H2,1-3H3,(H,14,15). The van der Waals surface area contributed by atoms with Gasteiger partial charge in [0.15, 0.2) is 9.84 Å². The van der Waals surface area contributed by atoms with Crippen LogP contribution in [0.3, 0.4) is 0 Å². The Morgan fingerprint density at radius 1 is 1.42 bits per heavy atom. The van der Waals surface area contributed by atoms with Gasteiger partial charge in [-0.25, -0.2) is 13.4 Å². The molecule has 6 heteroatoms. The van der Waals surface area contributed by atoms with Crippen molar-refractivity contribution in [1.29, 1.82) is 0 Å². The maximum Gasteiger partial charge on any atom is 0.177 e. The molecule has 0 saturated carbocycles. The van der Waals surface area contributed by atoms with Gasteiger partial charge in [-0.2, -0.15) is 0 Å². The fourth-order valence-corrected chi connectivity index (χ4v) is 2.76. The highest BCUT2D eigenvalue weighted by Crippen LogP contribution is 2.21. The van der Waals surface area contributed by atoms with Gasteiger partial charge >= 0.3 is 0 Å². The number of para-hydroxylation sites is 1. The quantitative estimate of drug-likeness (QED) is 0.909. The van der Waals surface area contributed by atoms with Crippen LogP contribution in [0, 0.1) is 0 Å². The molecule has 0 aliphatic heterocycles. The summed E-state index contributed by atoms with van der Waals surface area (Å²) >= 11 is 0. The molecule has 19 heavy (non-hydrogen) atoms. The Morgan fingerprint density at radius 3 is 2.79 bits per heavy atom. The van der Waals surface area contributed by atoms with E-state index in [0.29, 0.717) is 5.52 Å². The van der Waals surface area contributed by atoms with Crippen LogP contribution in [0.5, 0.6) is 0 Å². The van der Waals surface area contributed by atoms with Crippen molar-refractivity contribution < 1.29 is 13.2 Å². The van der Waals surface area contributed by atoms with Crippen molar-refractivity contribution in [3.63, 3.8) is 0 Å². The number of nitrogens with zero attached hydrogens (tertiary/aromatic N) is 1. The normalized spacial score (nSPS) is 13.8. The lowest BCUT2D eigenvalue weighted by atomic mass is 10.2. The van der Waals surface area contributed by atoms with E-state index < -0.39 is 9.84 Å². The van der Waals surface area contributed by atoms with Crippen LogP contribution in [0.15, 0.2) is 23.1 Å². The largest absolute Gasteiger partial charge is 0.382 e. The zero-order valence-electron chi connectivity index (χ0n) is 11.3. The number of H-pyrrole nitrogens is 1. The number of rotatable bonds is 5. The first-order valence-electron chi connectivity index (χ1n) is 6.12. The molecule has 104 valence electrons. The highest BCUT2D eigenvalue weighted by molar-refractivity contribution is 7.91. The van der Waals surface area contributed by atoms with Gasteiger partial charge in [0, 0.05) is 19.8 Å². The number of ether oxygens (including phenoxy) is 1. The SMILES string of the molecule is COC(C)CCc1nc2c(S(C)(=O)=O)cccc2[nH]1. The average Bonchev–Trinajstić information content (AvgIpc) is 2.76. The fourth-order valence-electron chi connectivity index (χ4n) is 1.93. The van der Waals surface area contributed by atoms with Crippen molar-refractivity contribution in [3.05, 3.63) is 24.0 Å². The molecule has 0 bridgehead atoms. The Labute approximate surface area is 112 Å². The molecule has 1 aromatic carbocycles. The summed E-state index contributed by atoms with van der Waals surface area (Å²) in [6.07, 6.45) is 2.92. The van der Waals surface area contributed by atoms with E-state index in [1.807, 2.05) is 13.0 Å². The molecule has 0 amide bonds. The summed E-state index contributed by atoms with van der Waals surface area (Å²) < 4.78 is 28.6. The zero-order chi connectivity index (χ0) is 14.0. The van der Waals surface area contributed by atoms with E-state index in [1.165, 1.54) is 6.26 Å². The lowest BCUT2D eigenvalue weighted by molar-refractivity contribution is 0.111. The molecule has 1 N–H and O–H groups in total. The number of aromatic nitrogens is 2. The minimum Gasteiger partial charge on any atom is -0.382 e. The number of methoxy groups -OCH3 is 1. The number of hydrogen-bond donors (Lipinski definition) is 1. The van der Waals surface area contributed by atoms with Crippen molar-refractivity contribution in [2.45, 2.75) is 30.8 Å². The van der Waals surface area contributed by atoms with Crippen LogP contribution in [0.4, 0.5) is 0 Å². The number of hydrogen-bond acceptors (Lipinski definition) is 4. The van der Waals surface area contributed by atoms with Gasteiger partial charge in [-0.05, 0) is 25.5 Å². The highest BCUT2D eigenvalue weighted by atomic mass is 32.2. The van der Waals surface area contributed by atoms with E-state index in [4.69, 9.17) is 4.74 Å². The second-order valence-corrected chi connectivity index (χ2v) is 6.68. The number of nitrogens with one attached hydrogen (secondary N) is 1. The molecule has 0 radical (unpaired) electrons. The summed E-state index contributed by atoms with van der Waals surface area (Å²) in [5.74, 6) is 0.787. The van der Waals surface area contributed by atoms with Gasteiger partial charge in [-0.1, -0.05) is 6.07 Å². The molecule has 1 aromatic heterocycles. The van der Waals surface area contributed by atoms with Gasteiger partial charge in [0.1, 0.15) is 11.3 Å². The maximum atomic E-state index is 11.7. The van der Waals surface area contributed by atoms with E-state index in [2.05, 4.69) is 9.97 Å².